The van der Waals surface area contributed by atoms with Crippen molar-refractivity contribution >= 4 is 57.9 Å². The van der Waals surface area contributed by atoms with Gasteiger partial charge in [0.1, 0.15) is 10.8 Å². The number of halogens is 1. The minimum Gasteiger partial charge on any atom is -0.448 e. The van der Waals surface area contributed by atoms with Crippen LogP contribution in [0.2, 0.25) is 5.02 Å². The maximum Gasteiger partial charge on any atom is 0.257 e. The summed E-state index contributed by atoms with van der Waals surface area (Å²) in [7, 11) is 0. The molecule has 2 N–H and O–H groups in total. The van der Waals surface area contributed by atoms with Gasteiger partial charge in [-0.3, -0.25) is 14.9 Å². The minimum atomic E-state index is -0.369. The van der Waals surface area contributed by atoms with E-state index in [1.165, 1.54) is 18.0 Å². The Bertz CT molecular complexity index is 1330. The number of nitrogens with zero attached hydrogens (tertiary/aromatic N) is 3. The topological polar surface area (TPSA) is 109 Å². The molecule has 0 radical (unpaired) electrons. The summed E-state index contributed by atoms with van der Waals surface area (Å²) >= 11 is 8.47. The molecule has 2 heterocycles. The molecule has 0 unspecified atom stereocenters. The van der Waals surface area contributed by atoms with Crippen molar-refractivity contribution in [1.29, 1.82) is 0 Å². The number of amides is 2. The first-order chi connectivity index (χ1) is 16.5. The van der Waals surface area contributed by atoms with Crippen LogP contribution in [0.1, 0.15) is 26.7 Å². The van der Waals surface area contributed by atoms with Crippen LogP contribution < -0.4 is 10.7 Å². The molecule has 2 amide bonds. The van der Waals surface area contributed by atoms with E-state index >= 15 is 0 Å². The number of aryl methyl sites for hydroxylation is 1. The molecule has 2 aromatic carbocycles. The van der Waals surface area contributed by atoms with Gasteiger partial charge in [0, 0.05) is 15.5 Å². The molecule has 11 heteroatoms. The van der Waals surface area contributed by atoms with E-state index in [4.69, 9.17) is 16.0 Å². The number of hydrogen-bond donors (Lipinski definition) is 2. The molecule has 2 aromatic heterocycles. The van der Waals surface area contributed by atoms with Gasteiger partial charge in [-0.05, 0) is 55.0 Å². The molecule has 0 spiro atoms. The lowest BCUT2D eigenvalue weighted by molar-refractivity contribution is -0.120. The summed E-state index contributed by atoms with van der Waals surface area (Å²) in [4.78, 5) is 25.5. The molecule has 0 saturated heterocycles. The first-order valence-corrected chi connectivity index (χ1v) is 12.0. The van der Waals surface area contributed by atoms with Crippen molar-refractivity contribution in [2.24, 2.45) is 5.10 Å². The highest BCUT2D eigenvalue weighted by molar-refractivity contribution is 7.99. The van der Waals surface area contributed by atoms with Gasteiger partial charge in [-0.25, -0.2) is 5.43 Å². The maximum atomic E-state index is 12.4. The van der Waals surface area contributed by atoms with E-state index < -0.39 is 0 Å². The van der Waals surface area contributed by atoms with Crippen LogP contribution in [0.5, 0.6) is 0 Å². The van der Waals surface area contributed by atoms with Crippen molar-refractivity contribution in [2.45, 2.75) is 23.3 Å². The highest BCUT2D eigenvalue weighted by Gasteiger charge is 2.13. The van der Waals surface area contributed by atoms with Crippen molar-refractivity contribution in [1.82, 2.24) is 15.6 Å². The highest BCUT2D eigenvalue weighted by atomic mass is 35.5. The average Bonchev–Trinajstić information content (AvgIpc) is 3.45. The second-order valence-corrected chi connectivity index (χ2v) is 9.53. The Hall–Kier alpha value is -3.47. The Labute approximate surface area is 208 Å². The number of nitrogens with one attached hydrogen (secondary N) is 2. The van der Waals surface area contributed by atoms with Gasteiger partial charge in [-0.2, -0.15) is 5.10 Å². The molecule has 0 bridgehead atoms. The van der Waals surface area contributed by atoms with Crippen molar-refractivity contribution in [3.05, 3.63) is 87.6 Å². The lowest BCUT2D eigenvalue weighted by atomic mass is 10.1. The summed E-state index contributed by atoms with van der Waals surface area (Å²) in [5.74, 6) is -0.151. The molecule has 0 saturated carbocycles. The largest absolute Gasteiger partial charge is 0.448 e. The van der Waals surface area contributed by atoms with Gasteiger partial charge < -0.3 is 4.42 Å². The third-order valence-electron chi connectivity index (χ3n) is 4.40. The van der Waals surface area contributed by atoms with Gasteiger partial charge in [0.15, 0.2) is 5.09 Å². The van der Waals surface area contributed by atoms with E-state index in [9.17, 15) is 9.59 Å². The molecule has 0 aliphatic rings. The fourth-order valence-electron chi connectivity index (χ4n) is 2.79. The third-order valence-corrected chi connectivity index (χ3v) is 6.42. The van der Waals surface area contributed by atoms with Gasteiger partial charge in [0.05, 0.1) is 12.6 Å². The Morgan fingerprint density at radius 3 is 2.71 bits per heavy atom. The monoisotopic (exact) mass is 511 g/mol. The van der Waals surface area contributed by atoms with E-state index in [2.05, 4.69) is 26.0 Å². The van der Waals surface area contributed by atoms with E-state index in [0.717, 1.165) is 21.8 Å². The zero-order valence-corrected chi connectivity index (χ0v) is 20.2. The quantitative estimate of drug-likeness (QED) is 0.249. The number of rotatable bonds is 8. The zero-order chi connectivity index (χ0) is 23.9. The molecule has 0 aliphatic heterocycles. The first kappa shape index (κ1) is 23.7. The van der Waals surface area contributed by atoms with Crippen molar-refractivity contribution in [3.63, 3.8) is 0 Å². The van der Waals surface area contributed by atoms with E-state index in [-0.39, 0.29) is 18.2 Å². The molecule has 172 valence electrons. The SMILES string of the molecule is Cc1ccccc1C(=O)Nc1nnc(CC(=O)N/N=C/c2ccc(Sc3ccc(Cl)cc3)o2)s1. The Morgan fingerprint density at radius 2 is 1.91 bits per heavy atom. The van der Waals surface area contributed by atoms with Gasteiger partial charge in [-0.15, -0.1) is 10.2 Å². The first-order valence-electron chi connectivity index (χ1n) is 10.0. The zero-order valence-electron chi connectivity index (χ0n) is 17.8. The minimum absolute atomic E-state index is 0.0228. The number of hydrazone groups is 1. The predicted molar refractivity (Wildman–Crippen MR) is 133 cm³/mol. The van der Waals surface area contributed by atoms with Crippen molar-refractivity contribution in [2.75, 3.05) is 5.32 Å². The fraction of sp³-hybridized carbons (Fsp3) is 0.0870. The Balaban J connectivity index is 1.25. The number of carbonyl (C=O) groups is 2. The summed E-state index contributed by atoms with van der Waals surface area (Å²) < 4.78 is 5.67. The fourth-order valence-corrected chi connectivity index (χ4v) is 4.43. The van der Waals surface area contributed by atoms with Crippen LogP contribution in [0.4, 0.5) is 5.13 Å². The van der Waals surface area contributed by atoms with Gasteiger partial charge >= 0.3 is 0 Å². The van der Waals surface area contributed by atoms with Gasteiger partial charge in [-0.1, -0.05) is 52.9 Å². The number of carbonyl (C=O) groups excluding carboxylic acids is 2. The summed E-state index contributed by atoms with van der Waals surface area (Å²) in [5.41, 5.74) is 3.84. The highest BCUT2D eigenvalue weighted by Crippen LogP contribution is 2.29. The molecule has 0 fully saturated rings. The smallest absolute Gasteiger partial charge is 0.257 e. The summed E-state index contributed by atoms with van der Waals surface area (Å²) in [6, 6.07) is 18.2. The van der Waals surface area contributed by atoms with Crippen molar-refractivity contribution < 1.29 is 14.0 Å². The van der Waals surface area contributed by atoms with E-state index in [0.29, 0.717) is 31.6 Å². The molecule has 0 atom stereocenters. The van der Waals surface area contributed by atoms with Gasteiger partial charge in [0.2, 0.25) is 11.0 Å². The third kappa shape index (κ3) is 6.53. The Kier molecular flexibility index (Phi) is 7.73. The van der Waals surface area contributed by atoms with Crippen LogP contribution in [0.25, 0.3) is 0 Å². The van der Waals surface area contributed by atoms with Gasteiger partial charge in [0.25, 0.3) is 5.91 Å². The summed E-state index contributed by atoms with van der Waals surface area (Å²) in [5, 5.41) is 16.6. The van der Waals surface area contributed by atoms with Crippen LogP contribution >= 0.6 is 34.7 Å². The lowest BCUT2D eigenvalue weighted by Gasteiger charge is -2.03. The van der Waals surface area contributed by atoms with Crippen LogP contribution in [-0.2, 0) is 11.2 Å². The van der Waals surface area contributed by atoms with E-state index in [1.807, 2.05) is 49.4 Å². The molecule has 0 aliphatic carbocycles. The predicted octanol–water partition coefficient (Wildman–Crippen LogP) is 5.19. The molecular formula is C23H18ClN5O3S2. The summed E-state index contributed by atoms with van der Waals surface area (Å²) in [6.45, 7) is 1.85. The number of furan rings is 1. The average molecular weight is 512 g/mol. The second kappa shape index (κ2) is 11.1. The van der Waals surface area contributed by atoms with Crippen molar-refractivity contribution in [3.8, 4) is 0 Å². The molecule has 8 nitrogen and oxygen atoms in total. The van der Waals surface area contributed by atoms with Crippen LogP contribution in [0, 0.1) is 6.92 Å². The molecular weight excluding hydrogens is 494 g/mol. The lowest BCUT2D eigenvalue weighted by Crippen LogP contribution is -2.19. The van der Waals surface area contributed by atoms with Crippen LogP contribution in [0.15, 0.2) is 80.2 Å². The number of anilines is 1. The number of aromatic nitrogens is 2. The number of hydrogen-bond acceptors (Lipinski definition) is 8. The van der Waals surface area contributed by atoms with Crippen LogP contribution in [0.3, 0.4) is 0 Å². The maximum absolute atomic E-state index is 12.4. The summed E-state index contributed by atoms with van der Waals surface area (Å²) in [6.07, 6.45) is 1.39. The Morgan fingerprint density at radius 1 is 1.12 bits per heavy atom. The second-order valence-electron chi connectivity index (χ2n) is 6.95. The molecule has 34 heavy (non-hydrogen) atoms. The van der Waals surface area contributed by atoms with Crippen LogP contribution in [-0.4, -0.2) is 28.2 Å². The standard InChI is InChI=1S/C23H18ClN5O3S2/c1-14-4-2-3-5-18(14)22(31)26-23-29-28-20(34-23)12-19(30)27-25-13-16-8-11-21(32-16)33-17-9-6-15(24)7-10-17/h2-11,13H,12H2,1H3,(H,27,30)(H,26,29,31)/b25-13+. The molecule has 4 rings (SSSR count). The molecule has 4 aromatic rings. The van der Waals surface area contributed by atoms with E-state index in [1.54, 1.807) is 18.2 Å². The normalized spacial score (nSPS) is 11.0. The number of benzene rings is 2.